The topological polar surface area (TPSA) is 93.6 Å². The third-order valence-electron chi connectivity index (χ3n) is 8.28. The number of aryl methyl sites for hydroxylation is 2. The second kappa shape index (κ2) is 10.5. The minimum atomic E-state index is -0.176. The summed E-state index contributed by atoms with van der Waals surface area (Å²) < 4.78 is 6.25. The average molecular weight is 618 g/mol. The summed E-state index contributed by atoms with van der Waals surface area (Å²) in [5.74, 6) is -0.0955. The summed E-state index contributed by atoms with van der Waals surface area (Å²) in [5, 5.41) is 9.34. The van der Waals surface area contributed by atoms with E-state index in [2.05, 4.69) is 82.0 Å². The van der Waals surface area contributed by atoms with Gasteiger partial charge in [0.15, 0.2) is 0 Å². The molecule has 0 aliphatic carbocycles. The molecule has 212 valence electrons. The molecule has 1 saturated heterocycles. The molecule has 6 rings (SSSR count). The standard InChI is InChI=1S/C30H33BrN8O2/c1-18-12-22(9-10-25(18)31)21(4)39-17-23(33-34-39)16-38-19(2)14-36(15-20(38)3)30(41)26-13-24-28(35(26)5)32-27-8-6-7-11-37(27)29(24)40/h6-13,17,19-21H,14-16H2,1-5H3/t19-,20+,21-/m1/s1. The minimum Gasteiger partial charge on any atom is -0.334 e. The molecular formula is C30H33BrN8O2. The number of halogens is 1. The number of pyridine rings is 1. The number of fused-ring (bicyclic) bond motifs is 2. The summed E-state index contributed by atoms with van der Waals surface area (Å²) in [7, 11) is 1.80. The largest absolute Gasteiger partial charge is 0.334 e. The van der Waals surface area contributed by atoms with E-state index in [4.69, 9.17) is 0 Å². The lowest BCUT2D eigenvalue weighted by Gasteiger charge is -2.44. The van der Waals surface area contributed by atoms with Crippen LogP contribution in [-0.4, -0.2) is 69.8 Å². The number of carbonyl (C=O) groups excluding carboxylic acids is 1. The molecule has 11 heteroatoms. The number of piperazine rings is 1. The van der Waals surface area contributed by atoms with Crippen LogP contribution in [0.2, 0.25) is 0 Å². The molecule has 0 radical (unpaired) electrons. The predicted octanol–water partition coefficient (Wildman–Crippen LogP) is 4.19. The molecule has 10 nitrogen and oxygen atoms in total. The van der Waals surface area contributed by atoms with Crippen LogP contribution in [0.25, 0.3) is 16.7 Å². The zero-order chi connectivity index (χ0) is 29.0. The van der Waals surface area contributed by atoms with Gasteiger partial charge in [-0.1, -0.05) is 39.3 Å². The molecular weight excluding hydrogens is 584 g/mol. The number of rotatable bonds is 5. The van der Waals surface area contributed by atoms with Gasteiger partial charge in [-0.3, -0.25) is 18.9 Å². The van der Waals surface area contributed by atoms with Crippen LogP contribution in [0.4, 0.5) is 0 Å². The maximum atomic E-state index is 13.7. The molecule has 1 fully saturated rings. The van der Waals surface area contributed by atoms with Gasteiger partial charge in [0.05, 0.1) is 23.3 Å². The summed E-state index contributed by atoms with van der Waals surface area (Å²) in [4.78, 5) is 35.7. The van der Waals surface area contributed by atoms with Crippen molar-refractivity contribution in [2.24, 2.45) is 7.05 Å². The smallest absolute Gasteiger partial charge is 0.270 e. The molecule has 0 unspecified atom stereocenters. The van der Waals surface area contributed by atoms with E-state index in [9.17, 15) is 9.59 Å². The Morgan fingerprint density at radius 1 is 1.12 bits per heavy atom. The van der Waals surface area contributed by atoms with Gasteiger partial charge < -0.3 is 9.47 Å². The van der Waals surface area contributed by atoms with Gasteiger partial charge in [0.2, 0.25) is 0 Å². The number of carbonyl (C=O) groups is 1. The van der Waals surface area contributed by atoms with E-state index < -0.39 is 0 Å². The normalized spacial score (nSPS) is 18.8. The van der Waals surface area contributed by atoms with Gasteiger partial charge in [-0.05, 0) is 63.1 Å². The van der Waals surface area contributed by atoms with E-state index >= 15 is 0 Å². The van der Waals surface area contributed by atoms with Crippen LogP contribution < -0.4 is 5.56 Å². The monoisotopic (exact) mass is 616 g/mol. The average Bonchev–Trinajstić information content (AvgIpc) is 3.56. The SMILES string of the molecule is Cc1cc([C@@H](C)n2cc(CN3[C@H](C)CN(C(=O)c4cc5c(=O)n6ccccc6nc5n4C)C[C@@H]3C)nn2)ccc1Br. The maximum Gasteiger partial charge on any atom is 0.270 e. The summed E-state index contributed by atoms with van der Waals surface area (Å²) in [6.45, 7) is 10.3. The first-order valence-electron chi connectivity index (χ1n) is 13.8. The molecule has 5 aromatic rings. The summed E-state index contributed by atoms with van der Waals surface area (Å²) in [5.41, 5.74) is 4.62. The minimum absolute atomic E-state index is 0.0632. The van der Waals surface area contributed by atoms with Crippen molar-refractivity contribution < 1.29 is 4.79 Å². The quantitative estimate of drug-likeness (QED) is 0.294. The second-order valence-electron chi connectivity index (χ2n) is 11.1. The molecule has 0 saturated carbocycles. The van der Waals surface area contributed by atoms with Crippen molar-refractivity contribution in [2.45, 2.75) is 52.4 Å². The Balaban J connectivity index is 1.18. The fourth-order valence-electron chi connectivity index (χ4n) is 5.86. The van der Waals surface area contributed by atoms with E-state index in [1.165, 1.54) is 15.5 Å². The first-order chi connectivity index (χ1) is 19.6. The van der Waals surface area contributed by atoms with Gasteiger partial charge in [-0.15, -0.1) is 5.10 Å². The highest BCUT2D eigenvalue weighted by molar-refractivity contribution is 9.10. The Bertz CT molecular complexity index is 1830. The Morgan fingerprint density at radius 3 is 2.61 bits per heavy atom. The van der Waals surface area contributed by atoms with E-state index in [-0.39, 0.29) is 29.6 Å². The van der Waals surface area contributed by atoms with Crippen molar-refractivity contribution in [3.05, 3.63) is 92.2 Å². The van der Waals surface area contributed by atoms with Crippen LogP contribution in [0.15, 0.2) is 64.1 Å². The Hall–Kier alpha value is -3.83. The summed E-state index contributed by atoms with van der Waals surface area (Å²) in [6.07, 6.45) is 3.71. The van der Waals surface area contributed by atoms with Crippen LogP contribution in [0.1, 0.15) is 54.1 Å². The molecule has 1 aromatic carbocycles. The highest BCUT2D eigenvalue weighted by Gasteiger charge is 2.34. The lowest BCUT2D eigenvalue weighted by atomic mass is 10.1. The van der Waals surface area contributed by atoms with Gasteiger partial charge >= 0.3 is 0 Å². The fourth-order valence-corrected chi connectivity index (χ4v) is 6.11. The number of hydrogen-bond acceptors (Lipinski definition) is 6. The molecule has 0 bridgehead atoms. The zero-order valence-corrected chi connectivity index (χ0v) is 25.4. The van der Waals surface area contributed by atoms with E-state index in [1.54, 1.807) is 36.0 Å². The van der Waals surface area contributed by atoms with Crippen molar-refractivity contribution >= 4 is 38.5 Å². The van der Waals surface area contributed by atoms with Crippen LogP contribution in [0.5, 0.6) is 0 Å². The number of nitrogens with zero attached hydrogens (tertiary/aromatic N) is 8. The van der Waals surface area contributed by atoms with Crippen molar-refractivity contribution in [2.75, 3.05) is 13.1 Å². The van der Waals surface area contributed by atoms with Gasteiger partial charge in [0.25, 0.3) is 11.5 Å². The number of aromatic nitrogens is 6. The van der Waals surface area contributed by atoms with Crippen molar-refractivity contribution in [3.63, 3.8) is 0 Å². The van der Waals surface area contributed by atoms with E-state index in [1.807, 2.05) is 21.8 Å². The van der Waals surface area contributed by atoms with E-state index in [0.717, 1.165) is 10.2 Å². The van der Waals surface area contributed by atoms with Crippen LogP contribution in [0, 0.1) is 6.92 Å². The lowest BCUT2D eigenvalue weighted by Crippen LogP contribution is -2.57. The fraction of sp³-hybridized carbons (Fsp3) is 0.367. The highest BCUT2D eigenvalue weighted by Crippen LogP contribution is 2.25. The van der Waals surface area contributed by atoms with Gasteiger partial charge in [0.1, 0.15) is 17.0 Å². The number of amides is 1. The summed E-state index contributed by atoms with van der Waals surface area (Å²) in [6, 6.07) is 13.7. The Labute approximate surface area is 246 Å². The highest BCUT2D eigenvalue weighted by atomic mass is 79.9. The molecule has 3 atom stereocenters. The van der Waals surface area contributed by atoms with Crippen LogP contribution in [0.3, 0.4) is 0 Å². The van der Waals surface area contributed by atoms with Gasteiger partial charge in [-0.25, -0.2) is 9.67 Å². The molecule has 41 heavy (non-hydrogen) atoms. The van der Waals surface area contributed by atoms with Gasteiger partial charge in [-0.2, -0.15) is 0 Å². The van der Waals surface area contributed by atoms with Crippen molar-refractivity contribution in [3.8, 4) is 0 Å². The van der Waals surface area contributed by atoms with Crippen LogP contribution >= 0.6 is 15.9 Å². The maximum absolute atomic E-state index is 13.7. The third kappa shape index (κ3) is 4.87. The second-order valence-corrected chi connectivity index (χ2v) is 12.0. The van der Waals surface area contributed by atoms with Gasteiger partial charge in [0, 0.05) is 49.4 Å². The molecule has 1 amide bonds. The molecule has 1 aliphatic heterocycles. The molecule has 1 aliphatic rings. The molecule has 4 aromatic heterocycles. The zero-order valence-electron chi connectivity index (χ0n) is 23.8. The number of hydrogen-bond donors (Lipinski definition) is 0. The molecule has 0 N–H and O–H groups in total. The van der Waals surface area contributed by atoms with E-state index in [0.29, 0.717) is 42.0 Å². The van der Waals surface area contributed by atoms with Crippen molar-refractivity contribution in [1.29, 1.82) is 0 Å². The first kappa shape index (κ1) is 27.3. The Morgan fingerprint density at radius 2 is 1.88 bits per heavy atom. The summed E-state index contributed by atoms with van der Waals surface area (Å²) >= 11 is 3.57. The third-order valence-corrected chi connectivity index (χ3v) is 9.17. The Kier molecular flexibility index (Phi) is 7.03. The number of benzene rings is 1. The van der Waals surface area contributed by atoms with Crippen LogP contribution in [-0.2, 0) is 13.6 Å². The van der Waals surface area contributed by atoms with Crippen molar-refractivity contribution in [1.82, 2.24) is 38.7 Å². The predicted molar refractivity (Wildman–Crippen MR) is 161 cm³/mol. The molecule has 5 heterocycles. The lowest BCUT2D eigenvalue weighted by molar-refractivity contribution is 0.0258. The first-order valence-corrected chi connectivity index (χ1v) is 14.6. The molecule has 0 spiro atoms.